The first-order valence-corrected chi connectivity index (χ1v) is 12.5. The van der Waals surface area contributed by atoms with Crippen molar-refractivity contribution in [3.63, 3.8) is 0 Å². The van der Waals surface area contributed by atoms with E-state index in [4.69, 9.17) is 4.74 Å². The van der Waals surface area contributed by atoms with Crippen LogP contribution in [0.15, 0.2) is 42.5 Å². The Labute approximate surface area is 206 Å². The number of allylic oxidation sites excluding steroid dienone is 2. The van der Waals surface area contributed by atoms with Crippen LogP contribution in [-0.4, -0.2) is 57.4 Å². The molecule has 1 saturated carbocycles. The summed E-state index contributed by atoms with van der Waals surface area (Å²) in [4.78, 5) is 26.1. The zero-order chi connectivity index (χ0) is 25.6. The lowest BCUT2D eigenvalue weighted by Crippen LogP contribution is -2.23. The van der Waals surface area contributed by atoms with Crippen molar-refractivity contribution in [2.45, 2.75) is 89.1 Å². The number of hydrogen-bond acceptors (Lipinski definition) is 8. The van der Waals surface area contributed by atoms with Gasteiger partial charge in [-0.2, -0.15) is 0 Å². The molecule has 1 aliphatic rings. The second-order valence-electron chi connectivity index (χ2n) is 9.37. The maximum absolute atomic E-state index is 11.8. The summed E-state index contributed by atoms with van der Waals surface area (Å²) in [6.45, 7) is 1.24. The number of esters is 1. The predicted octanol–water partition coefficient (Wildman–Crippen LogP) is 3.37. The van der Waals surface area contributed by atoms with E-state index < -0.39 is 35.5 Å². The maximum atomic E-state index is 11.8. The van der Waals surface area contributed by atoms with Crippen molar-refractivity contribution in [1.82, 2.24) is 0 Å². The fourth-order valence-corrected chi connectivity index (χ4v) is 4.63. The van der Waals surface area contributed by atoms with Gasteiger partial charge in [0.2, 0.25) is 0 Å². The number of unbranched alkanes of at least 4 members (excludes halogenated alkanes) is 1. The van der Waals surface area contributed by atoms with Gasteiger partial charge in [0.25, 0.3) is 5.09 Å². The zero-order valence-electron chi connectivity index (χ0n) is 20.4. The second kappa shape index (κ2) is 15.5. The van der Waals surface area contributed by atoms with Gasteiger partial charge in [-0.25, -0.2) is 0 Å². The van der Waals surface area contributed by atoms with E-state index in [2.05, 4.69) is 4.84 Å². The van der Waals surface area contributed by atoms with E-state index >= 15 is 0 Å². The number of aliphatic hydroxyl groups excluding tert-OH is 3. The molecule has 0 bridgehead atoms. The lowest BCUT2D eigenvalue weighted by molar-refractivity contribution is -0.759. The highest BCUT2D eigenvalue weighted by Crippen LogP contribution is 2.38. The van der Waals surface area contributed by atoms with E-state index in [1.54, 1.807) is 0 Å². The van der Waals surface area contributed by atoms with Gasteiger partial charge in [0.15, 0.2) is 0 Å². The summed E-state index contributed by atoms with van der Waals surface area (Å²) in [5.41, 5.74) is 1.19. The molecule has 6 atom stereocenters. The molecule has 0 aromatic heterocycles. The van der Waals surface area contributed by atoms with Crippen molar-refractivity contribution >= 4 is 5.97 Å². The van der Waals surface area contributed by atoms with Gasteiger partial charge in [-0.05, 0) is 75.7 Å². The Kier molecular flexibility index (Phi) is 12.7. The van der Waals surface area contributed by atoms with E-state index in [0.29, 0.717) is 44.9 Å². The molecule has 1 aromatic carbocycles. The van der Waals surface area contributed by atoms with Crippen LogP contribution in [0.25, 0.3) is 0 Å². The molecule has 0 heterocycles. The number of carbonyl (C=O) groups excluding carboxylic acids is 1. The summed E-state index contributed by atoms with van der Waals surface area (Å²) >= 11 is 0. The van der Waals surface area contributed by atoms with Crippen LogP contribution in [0.1, 0.15) is 63.9 Å². The van der Waals surface area contributed by atoms with Crippen LogP contribution < -0.4 is 0 Å². The van der Waals surface area contributed by atoms with Crippen LogP contribution in [0.5, 0.6) is 0 Å². The highest BCUT2D eigenvalue weighted by atomic mass is 17.0. The molecule has 9 heteroatoms. The molecule has 0 amide bonds. The molecule has 3 N–H and O–H groups in total. The van der Waals surface area contributed by atoms with Crippen molar-refractivity contribution in [2.75, 3.05) is 6.61 Å². The van der Waals surface area contributed by atoms with Crippen molar-refractivity contribution in [1.29, 1.82) is 0 Å². The molecule has 0 radical (unpaired) electrons. The number of rotatable bonds is 16. The van der Waals surface area contributed by atoms with Gasteiger partial charge < -0.3 is 24.9 Å². The van der Waals surface area contributed by atoms with E-state index in [1.165, 1.54) is 12.5 Å². The van der Waals surface area contributed by atoms with Crippen LogP contribution in [0, 0.1) is 22.0 Å². The largest absolute Gasteiger partial charge is 0.461 e. The smallest absolute Gasteiger partial charge is 0.306 e. The number of aryl methyl sites for hydroxylation is 1. The fourth-order valence-electron chi connectivity index (χ4n) is 4.63. The summed E-state index contributed by atoms with van der Waals surface area (Å²) in [7, 11) is 0. The van der Waals surface area contributed by atoms with E-state index in [0.717, 1.165) is 6.42 Å². The number of aliphatic hydroxyl groups is 3. The Morgan fingerprint density at radius 3 is 2.60 bits per heavy atom. The minimum atomic E-state index is -0.922. The number of carbonyl (C=O) groups is 1. The number of nitrogens with zero attached hydrogens (tertiary/aromatic N) is 1. The normalized spacial score (nSPS) is 23.8. The molecule has 1 aliphatic carbocycles. The molecular weight excluding hydrogens is 454 g/mol. The lowest BCUT2D eigenvalue weighted by atomic mass is 9.85. The standard InChI is InChI=1S/C26H39NO8/c1-19(18-34-27(32)33)35-26(31)12-8-3-2-7-11-22-23(25(30)17-24(22)29)16-15-21(28)14-13-20-9-5-4-6-10-20/h2,4-7,9-10,19,21-25,28-30H,3,8,11-18H2,1H3/t19?,21-,22+,23+,24-,25+/m0/s1. The Morgan fingerprint density at radius 2 is 1.89 bits per heavy atom. The minimum Gasteiger partial charge on any atom is -0.461 e. The van der Waals surface area contributed by atoms with Crippen LogP contribution in [-0.2, 0) is 20.8 Å². The van der Waals surface area contributed by atoms with E-state index in [1.807, 2.05) is 42.5 Å². The van der Waals surface area contributed by atoms with E-state index in [9.17, 15) is 30.2 Å². The molecule has 1 aromatic rings. The van der Waals surface area contributed by atoms with Gasteiger partial charge in [-0.15, -0.1) is 10.1 Å². The van der Waals surface area contributed by atoms with Gasteiger partial charge in [-0.3, -0.25) is 4.79 Å². The summed E-state index contributed by atoms with van der Waals surface area (Å²) in [6, 6.07) is 10.0. The summed E-state index contributed by atoms with van der Waals surface area (Å²) in [5, 5.41) is 40.5. The average Bonchev–Trinajstić information content (AvgIpc) is 3.09. The summed E-state index contributed by atoms with van der Waals surface area (Å²) < 4.78 is 5.04. The molecule has 0 aliphatic heterocycles. The van der Waals surface area contributed by atoms with Gasteiger partial charge in [-0.1, -0.05) is 42.5 Å². The molecule has 0 spiro atoms. The molecule has 35 heavy (non-hydrogen) atoms. The zero-order valence-corrected chi connectivity index (χ0v) is 20.4. The highest BCUT2D eigenvalue weighted by Gasteiger charge is 2.40. The molecule has 0 saturated heterocycles. The van der Waals surface area contributed by atoms with Gasteiger partial charge in [0, 0.05) is 6.42 Å². The third-order valence-corrected chi connectivity index (χ3v) is 6.54. The summed E-state index contributed by atoms with van der Waals surface area (Å²) in [6.07, 6.45) is 6.81. The van der Waals surface area contributed by atoms with Crippen molar-refractivity contribution in [2.24, 2.45) is 11.8 Å². The Bertz CT molecular complexity index is 787. The van der Waals surface area contributed by atoms with Gasteiger partial charge in [0.05, 0.1) is 18.3 Å². The second-order valence-corrected chi connectivity index (χ2v) is 9.37. The highest BCUT2D eigenvalue weighted by molar-refractivity contribution is 5.69. The van der Waals surface area contributed by atoms with Crippen LogP contribution in [0.4, 0.5) is 0 Å². The van der Waals surface area contributed by atoms with Gasteiger partial charge >= 0.3 is 5.97 Å². The molecule has 2 rings (SSSR count). The molecule has 1 fully saturated rings. The number of ether oxygens (including phenoxy) is 1. The number of benzene rings is 1. The lowest BCUT2D eigenvalue weighted by Gasteiger charge is -2.23. The van der Waals surface area contributed by atoms with Crippen molar-refractivity contribution in [3.8, 4) is 0 Å². The SMILES string of the molecule is CC(CO[N+](=O)[O-])OC(=O)CCCC=CC[C@@H]1[C@@H](CC[C@@H](O)CCc2ccccc2)[C@H](O)C[C@@H]1O. The Balaban J connectivity index is 1.66. The summed E-state index contributed by atoms with van der Waals surface area (Å²) in [5.74, 6) is -0.549. The van der Waals surface area contributed by atoms with Crippen LogP contribution >= 0.6 is 0 Å². The fraction of sp³-hybridized carbons (Fsp3) is 0.654. The van der Waals surface area contributed by atoms with E-state index in [-0.39, 0.29) is 24.9 Å². The molecule has 1 unspecified atom stereocenters. The van der Waals surface area contributed by atoms with Crippen LogP contribution in [0.3, 0.4) is 0 Å². The minimum absolute atomic E-state index is 0.0566. The first kappa shape index (κ1) is 28.7. The van der Waals surface area contributed by atoms with Crippen LogP contribution in [0.2, 0.25) is 0 Å². The average molecular weight is 494 g/mol. The topological polar surface area (TPSA) is 139 Å². The molecular formula is C26H39NO8. The third-order valence-electron chi connectivity index (χ3n) is 6.54. The monoisotopic (exact) mass is 493 g/mol. The first-order valence-electron chi connectivity index (χ1n) is 12.5. The molecule has 9 nitrogen and oxygen atoms in total. The molecule has 196 valence electrons. The van der Waals surface area contributed by atoms with Crippen molar-refractivity contribution in [3.05, 3.63) is 58.2 Å². The maximum Gasteiger partial charge on any atom is 0.306 e. The number of hydrogen-bond donors (Lipinski definition) is 3. The van der Waals surface area contributed by atoms with Crippen molar-refractivity contribution < 1.29 is 34.8 Å². The Hall–Kier alpha value is -2.49. The predicted molar refractivity (Wildman–Crippen MR) is 130 cm³/mol. The third kappa shape index (κ3) is 11.2. The Morgan fingerprint density at radius 1 is 1.17 bits per heavy atom. The first-order chi connectivity index (χ1) is 16.8. The van der Waals surface area contributed by atoms with Gasteiger partial charge in [0.1, 0.15) is 12.7 Å². The quantitative estimate of drug-likeness (QED) is 0.105.